The van der Waals surface area contributed by atoms with Gasteiger partial charge in [-0.2, -0.15) is 0 Å². The maximum atomic E-state index is 10.7. The van der Waals surface area contributed by atoms with Gasteiger partial charge in [-0.05, 0) is 35.9 Å². The highest BCUT2D eigenvalue weighted by molar-refractivity contribution is 7.11. The molecular weight excluding hydrogens is 242 g/mol. The Morgan fingerprint density at radius 3 is 2.94 bits per heavy atom. The third-order valence-corrected chi connectivity index (χ3v) is 3.74. The number of aryl methyl sites for hydroxylation is 1. The van der Waals surface area contributed by atoms with Crippen LogP contribution in [0.4, 0.5) is 0 Å². The molecule has 0 radical (unpaired) electrons. The van der Waals surface area contributed by atoms with Crippen molar-refractivity contribution in [3.05, 3.63) is 28.0 Å². The number of rotatable bonds is 8. The first-order chi connectivity index (χ1) is 8.74. The Labute approximate surface area is 114 Å². The van der Waals surface area contributed by atoms with Crippen molar-refractivity contribution >= 4 is 23.3 Å². The molecule has 1 N–H and O–H groups in total. The van der Waals surface area contributed by atoms with Gasteiger partial charge in [-0.3, -0.25) is 4.79 Å². The van der Waals surface area contributed by atoms with Gasteiger partial charge in [0.1, 0.15) is 0 Å². The average molecular weight is 265 g/mol. The van der Waals surface area contributed by atoms with E-state index in [-0.39, 0.29) is 5.91 Å². The Kier molecular flexibility index (Phi) is 7.42. The van der Waals surface area contributed by atoms with Crippen LogP contribution in [0.5, 0.6) is 0 Å². The third kappa shape index (κ3) is 6.01. The van der Waals surface area contributed by atoms with Crippen LogP contribution in [0.1, 0.15) is 50.0 Å². The van der Waals surface area contributed by atoms with Crippen LogP contribution < -0.4 is 5.32 Å². The third-order valence-electron chi connectivity index (χ3n) is 2.82. The van der Waals surface area contributed by atoms with Crippen molar-refractivity contribution in [3.8, 4) is 0 Å². The van der Waals surface area contributed by atoms with E-state index in [1.54, 1.807) is 11.3 Å². The van der Waals surface area contributed by atoms with Crippen LogP contribution >= 0.6 is 11.3 Å². The lowest BCUT2D eigenvalue weighted by Crippen LogP contribution is -2.19. The Morgan fingerprint density at radius 2 is 2.22 bits per heavy atom. The van der Waals surface area contributed by atoms with E-state index in [4.69, 9.17) is 0 Å². The largest absolute Gasteiger partial charge is 0.353 e. The highest BCUT2D eigenvalue weighted by Crippen LogP contribution is 2.20. The minimum atomic E-state index is 0.0191. The second-order valence-corrected chi connectivity index (χ2v) is 5.41. The predicted molar refractivity (Wildman–Crippen MR) is 79.9 cm³/mol. The summed E-state index contributed by atoms with van der Waals surface area (Å²) in [5, 5.41) is 4.91. The Morgan fingerprint density at radius 1 is 1.39 bits per heavy atom. The van der Waals surface area contributed by atoms with Gasteiger partial charge < -0.3 is 5.32 Å². The molecule has 0 saturated heterocycles. The van der Waals surface area contributed by atoms with E-state index in [2.05, 4.69) is 29.8 Å². The SMILES string of the molecule is CCCCCCc1ccsc1C=CCNC(C)=O. The molecule has 3 heteroatoms. The number of hydrogen-bond acceptors (Lipinski definition) is 2. The molecule has 18 heavy (non-hydrogen) atoms. The van der Waals surface area contributed by atoms with Gasteiger partial charge in [-0.15, -0.1) is 11.3 Å². The monoisotopic (exact) mass is 265 g/mol. The molecule has 0 spiro atoms. The zero-order valence-electron chi connectivity index (χ0n) is 11.4. The van der Waals surface area contributed by atoms with E-state index >= 15 is 0 Å². The summed E-state index contributed by atoms with van der Waals surface area (Å²) in [7, 11) is 0. The molecule has 0 aliphatic heterocycles. The lowest BCUT2D eigenvalue weighted by Gasteiger charge is -2.00. The molecule has 1 heterocycles. The average Bonchev–Trinajstić information content (AvgIpc) is 2.78. The zero-order valence-corrected chi connectivity index (χ0v) is 12.2. The molecule has 1 aromatic heterocycles. The van der Waals surface area contributed by atoms with Crippen LogP contribution in [0.3, 0.4) is 0 Å². The molecular formula is C15H23NOS. The van der Waals surface area contributed by atoms with Crippen LogP contribution in [0, 0.1) is 0 Å². The lowest BCUT2D eigenvalue weighted by atomic mass is 10.1. The number of carbonyl (C=O) groups excluding carboxylic acids is 1. The van der Waals surface area contributed by atoms with Crippen molar-refractivity contribution in [1.82, 2.24) is 5.32 Å². The Bertz CT molecular complexity index is 382. The molecule has 0 saturated carbocycles. The van der Waals surface area contributed by atoms with E-state index in [1.165, 1.54) is 49.5 Å². The summed E-state index contributed by atoms with van der Waals surface area (Å²) in [6, 6.07) is 2.22. The Hall–Kier alpha value is -1.09. The van der Waals surface area contributed by atoms with Gasteiger partial charge in [0.05, 0.1) is 0 Å². The number of hydrogen-bond donors (Lipinski definition) is 1. The van der Waals surface area contributed by atoms with E-state index in [1.807, 2.05) is 6.08 Å². The predicted octanol–water partition coefficient (Wildman–Crippen LogP) is 4.02. The fourth-order valence-corrected chi connectivity index (χ4v) is 2.69. The van der Waals surface area contributed by atoms with E-state index < -0.39 is 0 Å². The van der Waals surface area contributed by atoms with E-state index in [0.29, 0.717) is 6.54 Å². The second kappa shape index (κ2) is 8.92. The van der Waals surface area contributed by atoms with Gasteiger partial charge in [-0.25, -0.2) is 0 Å². The lowest BCUT2D eigenvalue weighted by molar-refractivity contribution is -0.118. The number of amides is 1. The van der Waals surface area contributed by atoms with E-state index in [9.17, 15) is 4.79 Å². The van der Waals surface area contributed by atoms with Crippen molar-refractivity contribution < 1.29 is 4.79 Å². The van der Waals surface area contributed by atoms with Crippen molar-refractivity contribution in [2.24, 2.45) is 0 Å². The highest BCUT2D eigenvalue weighted by atomic mass is 32.1. The van der Waals surface area contributed by atoms with Crippen molar-refractivity contribution in [3.63, 3.8) is 0 Å². The van der Waals surface area contributed by atoms with Gasteiger partial charge in [0, 0.05) is 18.3 Å². The van der Waals surface area contributed by atoms with Gasteiger partial charge in [0.25, 0.3) is 0 Å². The smallest absolute Gasteiger partial charge is 0.217 e. The highest BCUT2D eigenvalue weighted by Gasteiger charge is 2.00. The first kappa shape index (κ1) is 15.0. The van der Waals surface area contributed by atoms with Crippen LogP contribution in [0.15, 0.2) is 17.5 Å². The molecule has 1 aromatic rings. The van der Waals surface area contributed by atoms with Crippen LogP contribution in [0.2, 0.25) is 0 Å². The topological polar surface area (TPSA) is 29.1 Å². The standard InChI is InChI=1S/C15H23NOS/c1-3-4-5-6-8-14-10-12-18-15(14)9-7-11-16-13(2)17/h7,9-10,12H,3-6,8,11H2,1-2H3,(H,16,17). The van der Waals surface area contributed by atoms with Crippen LogP contribution in [0.25, 0.3) is 6.08 Å². The first-order valence-electron chi connectivity index (χ1n) is 6.71. The molecule has 0 bridgehead atoms. The molecule has 1 amide bonds. The van der Waals surface area contributed by atoms with Crippen LogP contribution in [-0.2, 0) is 11.2 Å². The molecule has 100 valence electrons. The van der Waals surface area contributed by atoms with Gasteiger partial charge in [0.2, 0.25) is 5.91 Å². The fourth-order valence-electron chi connectivity index (χ4n) is 1.81. The molecule has 0 unspecified atom stereocenters. The maximum Gasteiger partial charge on any atom is 0.217 e. The molecule has 2 nitrogen and oxygen atoms in total. The minimum absolute atomic E-state index is 0.0191. The number of carbonyl (C=O) groups is 1. The summed E-state index contributed by atoms with van der Waals surface area (Å²) in [5.74, 6) is 0.0191. The fraction of sp³-hybridized carbons (Fsp3) is 0.533. The maximum absolute atomic E-state index is 10.7. The Balaban J connectivity index is 2.36. The minimum Gasteiger partial charge on any atom is -0.353 e. The molecule has 0 aromatic carbocycles. The van der Waals surface area contributed by atoms with Crippen LogP contribution in [-0.4, -0.2) is 12.5 Å². The summed E-state index contributed by atoms with van der Waals surface area (Å²) in [6.07, 6.45) is 10.5. The number of nitrogens with one attached hydrogen (secondary N) is 1. The van der Waals surface area contributed by atoms with Gasteiger partial charge in [-0.1, -0.05) is 32.3 Å². The number of unbranched alkanes of at least 4 members (excludes halogenated alkanes) is 3. The van der Waals surface area contributed by atoms with Crippen molar-refractivity contribution in [1.29, 1.82) is 0 Å². The molecule has 0 aliphatic rings. The summed E-state index contributed by atoms with van der Waals surface area (Å²) < 4.78 is 0. The van der Waals surface area contributed by atoms with Crippen molar-refractivity contribution in [2.45, 2.75) is 46.0 Å². The number of thiophene rings is 1. The van der Waals surface area contributed by atoms with E-state index in [0.717, 1.165) is 0 Å². The quantitative estimate of drug-likeness (QED) is 0.707. The summed E-state index contributed by atoms with van der Waals surface area (Å²) in [5.41, 5.74) is 1.44. The summed E-state index contributed by atoms with van der Waals surface area (Å²) in [6.45, 7) is 4.39. The zero-order chi connectivity index (χ0) is 13.2. The van der Waals surface area contributed by atoms with Gasteiger partial charge >= 0.3 is 0 Å². The summed E-state index contributed by atoms with van der Waals surface area (Å²) >= 11 is 1.77. The molecule has 0 atom stereocenters. The molecule has 1 rings (SSSR count). The molecule has 0 fully saturated rings. The summed E-state index contributed by atoms with van der Waals surface area (Å²) in [4.78, 5) is 12.1. The molecule has 0 aliphatic carbocycles. The normalized spacial score (nSPS) is 11.0. The van der Waals surface area contributed by atoms with Crippen molar-refractivity contribution in [2.75, 3.05) is 6.54 Å². The second-order valence-electron chi connectivity index (χ2n) is 4.46. The van der Waals surface area contributed by atoms with Gasteiger partial charge in [0.15, 0.2) is 0 Å². The first-order valence-corrected chi connectivity index (χ1v) is 7.59.